The topological polar surface area (TPSA) is 63.6 Å². The fraction of sp³-hybridized carbons (Fsp3) is 0.875. The van der Waals surface area contributed by atoms with Gasteiger partial charge in [0.25, 0.3) is 0 Å². The van der Waals surface area contributed by atoms with Crippen LogP contribution in [0, 0.1) is 0 Å². The number of carboxylic acid groups (broad SMARTS) is 1. The second-order valence-corrected chi connectivity index (χ2v) is 3.90. The summed E-state index contributed by atoms with van der Waals surface area (Å²) in [5, 5.41) is 17.9. The van der Waals surface area contributed by atoms with E-state index in [1.54, 1.807) is 0 Å². The standard InChI is InChI=1S/C5H14NO.C3H7NO2.ClH/c1-6(2,3)4-5-7;1-4(2)3(5)6;/h7H,4-5H2,1-3H3;1-2H3,(H,5,6);1H/q+1;;/p-1. The van der Waals surface area contributed by atoms with Crippen molar-refractivity contribution < 1.29 is 19.5 Å². The minimum absolute atomic E-state index is 0. The average Bonchev–Trinajstić information content (AvgIpc) is 1.85. The first-order valence-corrected chi connectivity index (χ1v) is 4.00. The van der Waals surface area contributed by atoms with E-state index in [0.29, 0.717) is 0 Å². The van der Waals surface area contributed by atoms with Crippen molar-refractivity contribution >= 4 is 18.5 Å². The molecule has 0 aliphatic heterocycles. The van der Waals surface area contributed by atoms with Crippen LogP contribution in [0.5, 0.6) is 0 Å². The maximum absolute atomic E-state index is 9.51. The molecular weight excluding hydrogens is 208 g/mol. The number of hydrogen-bond acceptors (Lipinski definition) is 3. The summed E-state index contributed by atoms with van der Waals surface area (Å²) in [7, 11) is 8.98. The van der Waals surface area contributed by atoms with E-state index in [-0.39, 0.29) is 19.0 Å². The first-order chi connectivity index (χ1) is 5.70. The normalized spacial score (nSPS) is 9.29. The molecule has 5 nitrogen and oxygen atoms in total. The third-order valence-electron chi connectivity index (χ3n) is 1.14. The van der Waals surface area contributed by atoms with Crippen molar-refractivity contribution in [1.29, 1.82) is 0 Å². The predicted octanol–water partition coefficient (Wildman–Crippen LogP) is -1.00. The van der Waals surface area contributed by atoms with Gasteiger partial charge in [-0.05, 0) is 0 Å². The monoisotopic (exact) mass is 228 g/mol. The number of likely N-dealkylation sites (N-methyl/N-ethyl adjacent to an activating group) is 1. The lowest BCUT2D eigenvalue weighted by Crippen LogP contribution is -2.36. The summed E-state index contributed by atoms with van der Waals surface area (Å²) in [4.78, 5) is 10.5. The molecule has 0 bridgehead atoms. The summed E-state index contributed by atoms with van der Waals surface area (Å²) < 4.78 is 0.844. The van der Waals surface area contributed by atoms with Crippen LogP contribution < -0.4 is 5.11 Å². The third-order valence-corrected chi connectivity index (χ3v) is 1.14. The highest BCUT2D eigenvalue weighted by molar-refractivity contribution is 5.85. The van der Waals surface area contributed by atoms with Crippen LogP contribution in [-0.2, 0) is 0 Å². The zero-order valence-electron chi connectivity index (χ0n) is 9.48. The highest BCUT2D eigenvalue weighted by Crippen LogP contribution is 1.84. The fourth-order valence-electron chi connectivity index (χ4n) is 0.300. The molecule has 1 N–H and O–H groups in total. The van der Waals surface area contributed by atoms with Crippen molar-refractivity contribution in [3.05, 3.63) is 0 Å². The first kappa shape index (κ1) is 19.1. The van der Waals surface area contributed by atoms with Crippen LogP contribution in [0.3, 0.4) is 0 Å². The number of carbonyl (C=O) groups excluding carboxylic acids is 1. The minimum atomic E-state index is -1.16. The van der Waals surface area contributed by atoms with Gasteiger partial charge in [0.15, 0.2) is 0 Å². The van der Waals surface area contributed by atoms with Gasteiger partial charge in [-0.25, -0.2) is 0 Å². The van der Waals surface area contributed by atoms with E-state index in [1.165, 1.54) is 14.1 Å². The number of aliphatic hydroxyl groups excluding tert-OH is 1. The molecule has 0 atom stereocenters. The molecule has 0 aromatic rings. The van der Waals surface area contributed by atoms with Gasteiger partial charge in [-0.1, -0.05) is 0 Å². The zero-order valence-corrected chi connectivity index (χ0v) is 10.3. The van der Waals surface area contributed by atoms with Gasteiger partial charge in [-0.2, -0.15) is 0 Å². The second kappa shape index (κ2) is 9.05. The number of halogens is 1. The van der Waals surface area contributed by atoms with E-state index in [9.17, 15) is 9.90 Å². The Bertz CT molecular complexity index is 146. The smallest absolute Gasteiger partial charge is 0.136 e. The summed E-state index contributed by atoms with van der Waals surface area (Å²) in [5.74, 6) is 0. The van der Waals surface area contributed by atoms with E-state index in [0.717, 1.165) is 15.9 Å². The molecule has 0 aromatic heterocycles. The van der Waals surface area contributed by atoms with Gasteiger partial charge in [-0.3, -0.25) is 0 Å². The molecule has 0 unspecified atom stereocenters. The zero-order chi connectivity index (χ0) is 11.1. The van der Waals surface area contributed by atoms with Crippen molar-refractivity contribution in [3.8, 4) is 0 Å². The number of nitrogens with zero attached hydrogens (tertiary/aromatic N) is 2. The van der Waals surface area contributed by atoms with Crippen molar-refractivity contribution in [3.63, 3.8) is 0 Å². The van der Waals surface area contributed by atoms with Crippen molar-refractivity contribution in [2.24, 2.45) is 0 Å². The molecular formula is C8H21ClN2O3. The summed E-state index contributed by atoms with van der Waals surface area (Å²) >= 11 is 0. The van der Waals surface area contributed by atoms with Crippen molar-refractivity contribution in [2.45, 2.75) is 0 Å². The lowest BCUT2D eigenvalue weighted by Gasteiger charge is -2.21. The van der Waals surface area contributed by atoms with Crippen LogP contribution in [0.25, 0.3) is 0 Å². The third kappa shape index (κ3) is 22.5. The van der Waals surface area contributed by atoms with E-state index < -0.39 is 6.09 Å². The minimum Gasteiger partial charge on any atom is -0.530 e. The number of carbonyl (C=O) groups is 1. The lowest BCUT2D eigenvalue weighted by molar-refractivity contribution is -0.870. The van der Waals surface area contributed by atoms with Gasteiger partial charge in [0.2, 0.25) is 0 Å². The summed E-state index contributed by atoms with van der Waals surface area (Å²) in [6.07, 6.45) is -1.16. The van der Waals surface area contributed by atoms with E-state index in [4.69, 9.17) is 5.11 Å². The van der Waals surface area contributed by atoms with Crippen LogP contribution >= 0.6 is 12.4 Å². The Balaban J connectivity index is -0.000000163. The molecule has 88 valence electrons. The Morgan fingerprint density at radius 1 is 1.36 bits per heavy atom. The highest BCUT2D eigenvalue weighted by atomic mass is 35.5. The maximum atomic E-state index is 9.51. The van der Waals surface area contributed by atoms with Crippen LogP contribution in [0.15, 0.2) is 0 Å². The molecule has 0 spiro atoms. The van der Waals surface area contributed by atoms with E-state index in [1.807, 2.05) is 0 Å². The molecule has 0 aliphatic carbocycles. The first-order valence-electron chi connectivity index (χ1n) is 4.00. The number of amides is 1. The molecule has 0 aromatic carbocycles. The van der Waals surface area contributed by atoms with Crippen molar-refractivity contribution in [2.75, 3.05) is 48.4 Å². The molecule has 0 heterocycles. The van der Waals surface area contributed by atoms with Gasteiger partial charge in [0.1, 0.15) is 12.6 Å². The van der Waals surface area contributed by atoms with E-state index >= 15 is 0 Å². The molecule has 0 rings (SSSR count). The van der Waals surface area contributed by atoms with Crippen LogP contribution in [0.2, 0.25) is 0 Å². The molecule has 0 aliphatic rings. The SMILES string of the molecule is CN(C)C(=O)[O-].C[N+](C)(C)CCO.Cl. The molecule has 0 radical (unpaired) electrons. The Labute approximate surface area is 91.9 Å². The summed E-state index contributed by atoms with van der Waals surface area (Å²) in [6.45, 7) is 1.11. The number of aliphatic hydroxyl groups is 1. The molecule has 6 heteroatoms. The Morgan fingerprint density at radius 3 is 1.64 bits per heavy atom. The molecule has 1 amide bonds. The summed E-state index contributed by atoms with van der Waals surface area (Å²) in [6, 6.07) is 0. The van der Waals surface area contributed by atoms with Gasteiger partial charge >= 0.3 is 0 Å². The number of rotatable bonds is 2. The van der Waals surface area contributed by atoms with Gasteiger partial charge in [0, 0.05) is 14.1 Å². The molecule has 14 heavy (non-hydrogen) atoms. The number of quaternary nitrogens is 1. The Kier molecular flexibility index (Phi) is 12.4. The molecule has 0 saturated heterocycles. The fourth-order valence-corrected chi connectivity index (χ4v) is 0.300. The predicted molar refractivity (Wildman–Crippen MR) is 56.3 cm³/mol. The van der Waals surface area contributed by atoms with E-state index in [2.05, 4.69) is 21.1 Å². The van der Waals surface area contributed by atoms with Crippen LogP contribution in [-0.4, -0.2) is 69.0 Å². The van der Waals surface area contributed by atoms with Crippen molar-refractivity contribution in [1.82, 2.24) is 4.90 Å². The summed E-state index contributed by atoms with van der Waals surface area (Å²) in [5.41, 5.74) is 0. The van der Waals surface area contributed by atoms with Gasteiger partial charge in [-0.15, -0.1) is 12.4 Å². The largest absolute Gasteiger partial charge is 0.530 e. The molecule has 0 saturated carbocycles. The molecule has 0 fully saturated rings. The maximum Gasteiger partial charge on any atom is 0.136 e. The number of hydrogen-bond donors (Lipinski definition) is 1. The van der Waals surface area contributed by atoms with Gasteiger partial charge in [0.05, 0.1) is 27.7 Å². The van der Waals surface area contributed by atoms with Gasteiger partial charge < -0.3 is 24.4 Å². The lowest BCUT2D eigenvalue weighted by atomic mass is 10.5. The van der Waals surface area contributed by atoms with Crippen LogP contribution in [0.1, 0.15) is 0 Å². The Hall–Kier alpha value is -0.520. The second-order valence-electron chi connectivity index (χ2n) is 3.90. The Morgan fingerprint density at radius 2 is 1.64 bits per heavy atom. The van der Waals surface area contributed by atoms with Crippen LogP contribution in [0.4, 0.5) is 4.79 Å². The highest BCUT2D eigenvalue weighted by Gasteiger charge is 2.02. The average molecular weight is 229 g/mol. The quantitative estimate of drug-likeness (QED) is 0.617.